The van der Waals surface area contributed by atoms with E-state index in [1.807, 2.05) is 0 Å². The standard InChI is InChI=1S/C19H16FN3O3/c1-12-10-16(22-23(12)17-9-5-3-7-14(17)20)19(26)21-15-8-4-2-6-13(15)11-18(24)25/h2-10H,11H2,1H3,(H,21,26)(H,24,25). The number of carbonyl (C=O) groups excluding carboxylic acids is 1. The van der Waals surface area contributed by atoms with Gasteiger partial charge in [0.25, 0.3) is 5.91 Å². The second kappa shape index (κ2) is 7.18. The molecule has 0 fully saturated rings. The molecule has 0 radical (unpaired) electrons. The number of rotatable bonds is 5. The number of anilines is 1. The van der Waals surface area contributed by atoms with Crippen LogP contribution in [-0.2, 0) is 11.2 Å². The number of carboxylic acids is 1. The molecule has 0 atom stereocenters. The third kappa shape index (κ3) is 3.61. The van der Waals surface area contributed by atoms with E-state index >= 15 is 0 Å². The zero-order valence-corrected chi connectivity index (χ0v) is 13.9. The molecule has 0 aliphatic rings. The van der Waals surface area contributed by atoms with E-state index in [-0.39, 0.29) is 17.8 Å². The molecule has 0 aliphatic heterocycles. The number of halogens is 1. The van der Waals surface area contributed by atoms with Gasteiger partial charge in [0, 0.05) is 11.4 Å². The first-order valence-electron chi connectivity index (χ1n) is 7.88. The molecule has 2 aromatic carbocycles. The first-order valence-corrected chi connectivity index (χ1v) is 7.88. The number of nitrogens with zero attached hydrogens (tertiary/aromatic N) is 2. The number of aliphatic carboxylic acids is 1. The number of aromatic nitrogens is 2. The minimum absolute atomic E-state index is 0.107. The van der Waals surface area contributed by atoms with E-state index in [0.717, 1.165) is 0 Å². The average molecular weight is 353 g/mol. The molecule has 0 aliphatic carbocycles. The van der Waals surface area contributed by atoms with Gasteiger partial charge in [-0.2, -0.15) is 5.10 Å². The molecule has 0 saturated heterocycles. The normalized spacial score (nSPS) is 10.5. The predicted octanol–water partition coefficient (Wildman–Crippen LogP) is 3.20. The molecule has 0 spiro atoms. The molecular formula is C19H16FN3O3. The SMILES string of the molecule is Cc1cc(C(=O)Nc2ccccc2CC(=O)O)nn1-c1ccccc1F. The Morgan fingerprint density at radius 2 is 1.85 bits per heavy atom. The maximum atomic E-state index is 14.0. The summed E-state index contributed by atoms with van der Waals surface area (Å²) >= 11 is 0. The second-order valence-electron chi connectivity index (χ2n) is 5.72. The van der Waals surface area contributed by atoms with Crippen molar-refractivity contribution in [3.8, 4) is 5.69 Å². The third-order valence-corrected chi connectivity index (χ3v) is 3.81. The van der Waals surface area contributed by atoms with E-state index < -0.39 is 17.7 Å². The van der Waals surface area contributed by atoms with E-state index in [9.17, 15) is 14.0 Å². The highest BCUT2D eigenvalue weighted by Gasteiger charge is 2.16. The average Bonchev–Trinajstić information content (AvgIpc) is 2.98. The van der Waals surface area contributed by atoms with Crippen molar-refractivity contribution in [3.05, 3.63) is 77.4 Å². The third-order valence-electron chi connectivity index (χ3n) is 3.81. The maximum Gasteiger partial charge on any atom is 0.307 e. The Morgan fingerprint density at radius 1 is 1.15 bits per heavy atom. The monoisotopic (exact) mass is 353 g/mol. The maximum absolute atomic E-state index is 14.0. The van der Waals surface area contributed by atoms with Gasteiger partial charge < -0.3 is 10.4 Å². The smallest absolute Gasteiger partial charge is 0.307 e. The number of hydrogen-bond donors (Lipinski definition) is 2. The van der Waals surface area contributed by atoms with Crippen LogP contribution in [0, 0.1) is 12.7 Å². The van der Waals surface area contributed by atoms with Crippen LogP contribution in [0.3, 0.4) is 0 Å². The summed E-state index contributed by atoms with van der Waals surface area (Å²) in [6.45, 7) is 1.72. The molecule has 0 unspecified atom stereocenters. The highest BCUT2D eigenvalue weighted by Crippen LogP contribution is 2.19. The summed E-state index contributed by atoms with van der Waals surface area (Å²) in [7, 11) is 0. The fourth-order valence-electron chi connectivity index (χ4n) is 2.60. The predicted molar refractivity (Wildman–Crippen MR) is 94.0 cm³/mol. The van der Waals surface area contributed by atoms with Crippen molar-refractivity contribution in [2.24, 2.45) is 0 Å². The molecule has 2 N–H and O–H groups in total. The van der Waals surface area contributed by atoms with Crippen LogP contribution in [0.4, 0.5) is 10.1 Å². The molecule has 1 aromatic heterocycles. The van der Waals surface area contributed by atoms with Crippen LogP contribution >= 0.6 is 0 Å². The van der Waals surface area contributed by atoms with Gasteiger partial charge in [-0.1, -0.05) is 30.3 Å². The molecule has 6 nitrogen and oxygen atoms in total. The number of amides is 1. The zero-order chi connectivity index (χ0) is 18.7. The van der Waals surface area contributed by atoms with Crippen molar-refractivity contribution in [2.45, 2.75) is 13.3 Å². The Hall–Kier alpha value is -3.48. The van der Waals surface area contributed by atoms with Crippen molar-refractivity contribution in [3.63, 3.8) is 0 Å². The summed E-state index contributed by atoms with van der Waals surface area (Å²) in [6.07, 6.45) is -0.209. The van der Waals surface area contributed by atoms with E-state index in [4.69, 9.17) is 5.11 Å². The van der Waals surface area contributed by atoms with Gasteiger partial charge in [0.05, 0.1) is 6.42 Å². The molecule has 0 bridgehead atoms. The topological polar surface area (TPSA) is 84.2 Å². The Morgan fingerprint density at radius 3 is 2.58 bits per heavy atom. The van der Waals surface area contributed by atoms with Crippen LogP contribution < -0.4 is 5.32 Å². The van der Waals surface area contributed by atoms with Gasteiger partial charge in [0.2, 0.25) is 0 Å². The molecule has 0 saturated carbocycles. The molecule has 7 heteroatoms. The second-order valence-corrected chi connectivity index (χ2v) is 5.72. The van der Waals surface area contributed by atoms with Gasteiger partial charge in [0.1, 0.15) is 11.5 Å². The lowest BCUT2D eigenvalue weighted by molar-refractivity contribution is -0.136. The lowest BCUT2D eigenvalue weighted by Crippen LogP contribution is -2.15. The number of benzene rings is 2. The van der Waals surface area contributed by atoms with Gasteiger partial charge in [-0.25, -0.2) is 9.07 Å². The van der Waals surface area contributed by atoms with E-state index in [1.165, 1.54) is 10.7 Å². The Labute approximate surface area is 148 Å². The molecular weight excluding hydrogens is 337 g/mol. The van der Waals surface area contributed by atoms with Gasteiger partial charge in [-0.3, -0.25) is 9.59 Å². The van der Waals surface area contributed by atoms with E-state index in [1.54, 1.807) is 55.5 Å². The highest BCUT2D eigenvalue weighted by molar-refractivity contribution is 6.03. The van der Waals surface area contributed by atoms with Gasteiger partial charge in [-0.05, 0) is 36.8 Å². The van der Waals surface area contributed by atoms with Crippen molar-refractivity contribution in [2.75, 3.05) is 5.32 Å². The van der Waals surface area contributed by atoms with Crippen LogP contribution in [0.15, 0.2) is 54.6 Å². The fourth-order valence-corrected chi connectivity index (χ4v) is 2.60. The number of aryl methyl sites for hydroxylation is 1. The largest absolute Gasteiger partial charge is 0.481 e. The number of nitrogens with one attached hydrogen (secondary N) is 1. The fraction of sp³-hybridized carbons (Fsp3) is 0.105. The molecule has 3 rings (SSSR count). The zero-order valence-electron chi connectivity index (χ0n) is 13.9. The minimum Gasteiger partial charge on any atom is -0.481 e. The summed E-state index contributed by atoms with van der Waals surface area (Å²) in [4.78, 5) is 23.5. The summed E-state index contributed by atoms with van der Waals surface area (Å²) < 4.78 is 15.3. The lowest BCUT2D eigenvalue weighted by atomic mass is 10.1. The Balaban J connectivity index is 1.88. The van der Waals surface area contributed by atoms with Crippen molar-refractivity contribution in [1.82, 2.24) is 9.78 Å². The summed E-state index contributed by atoms with van der Waals surface area (Å²) in [5.41, 5.74) is 1.84. The van der Waals surface area contributed by atoms with Crippen molar-refractivity contribution in [1.29, 1.82) is 0 Å². The summed E-state index contributed by atoms with van der Waals surface area (Å²) in [5.74, 6) is -1.94. The Bertz CT molecular complexity index is 982. The molecule has 1 heterocycles. The summed E-state index contributed by atoms with van der Waals surface area (Å²) in [6, 6.07) is 14.3. The lowest BCUT2D eigenvalue weighted by Gasteiger charge is -2.08. The quantitative estimate of drug-likeness (QED) is 0.738. The van der Waals surface area contributed by atoms with E-state index in [2.05, 4.69) is 10.4 Å². The van der Waals surface area contributed by atoms with Gasteiger partial charge >= 0.3 is 5.97 Å². The van der Waals surface area contributed by atoms with Gasteiger partial charge in [0.15, 0.2) is 5.69 Å². The molecule has 132 valence electrons. The van der Waals surface area contributed by atoms with Crippen LogP contribution in [0.2, 0.25) is 0 Å². The van der Waals surface area contributed by atoms with Crippen LogP contribution in [0.25, 0.3) is 5.69 Å². The van der Waals surface area contributed by atoms with Crippen LogP contribution in [0.5, 0.6) is 0 Å². The molecule has 3 aromatic rings. The minimum atomic E-state index is -0.994. The number of carboxylic acid groups (broad SMARTS) is 1. The number of hydrogen-bond acceptors (Lipinski definition) is 3. The molecule has 1 amide bonds. The van der Waals surface area contributed by atoms with Crippen LogP contribution in [0.1, 0.15) is 21.7 Å². The molecule has 26 heavy (non-hydrogen) atoms. The van der Waals surface area contributed by atoms with Crippen molar-refractivity contribution >= 4 is 17.6 Å². The summed E-state index contributed by atoms with van der Waals surface area (Å²) in [5, 5.41) is 15.8. The van der Waals surface area contributed by atoms with Crippen LogP contribution in [-0.4, -0.2) is 26.8 Å². The first kappa shape index (κ1) is 17.3. The number of carbonyl (C=O) groups is 2. The highest BCUT2D eigenvalue weighted by atomic mass is 19.1. The number of para-hydroxylation sites is 2. The van der Waals surface area contributed by atoms with Gasteiger partial charge in [-0.15, -0.1) is 0 Å². The van der Waals surface area contributed by atoms with E-state index in [0.29, 0.717) is 16.9 Å². The first-order chi connectivity index (χ1) is 12.5. The van der Waals surface area contributed by atoms with Crippen molar-refractivity contribution < 1.29 is 19.1 Å². The Kier molecular flexibility index (Phi) is 4.79.